The second-order valence-corrected chi connectivity index (χ2v) is 6.66. The summed E-state index contributed by atoms with van der Waals surface area (Å²) in [5.74, 6) is 0.558. The van der Waals surface area contributed by atoms with Crippen molar-refractivity contribution in [2.45, 2.75) is 32.8 Å². The van der Waals surface area contributed by atoms with Crippen LogP contribution in [0.5, 0.6) is 5.75 Å². The normalized spacial score (nSPS) is 16.3. The Morgan fingerprint density at radius 3 is 2.85 bits per heavy atom. The maximum absolute atomic E-state index is 12.3. The summed E-state index contributed by atoms with van der Waals surface area (Å²) < 4.78 is 11.4. The molecule has 1 heterocycles. The number of nitrogens with one attached hydrogen (secondary N) is 2. The number of amides is 1. The Morgan fingerprint density at radius 1 is 1.19 bits per heavy atom. The number of ether oxygens (including phenoxy) is 2. The van der Waals surface area contributed by atoms with Gasteiger partial charge in [-0.25, -0.2) is 0 Å². The molecule has 1 fully saturated rings. The van der Waals surface area contributed by atoms with Gasteiger partial charge in [0.25, 0.3) is 0 Å². The fraction of sp³-hybridized carbons (Fsp3) is 0.381. The van der Waals surface area contributed by atoms with E-state index in [1.807, 2.05) is 50.2 Å². The van der Waals surface area contributed by atoms with Crippen molar-refractivity contribution in [2.24, 2.45) is 0 Å². The van der Waals surface area contributed by atoms with Gasteiger partial charge in [-0.15, -0.1) is 0 Å². The summed E-state index contributed by atoms with van der Waals surface area (Å²) in [5.41, 5.74) is 3.93. The third kappa shape index (κ3) is 4.99. The largest absolute Gasteiger partial charge is 0.489 e. The van der Waals surface area contributed by atoms with Gasteiger partial charge in [-0.05, 0) is 56.0 Å². The third-order valence-electron chi connectivity index (χ3n) is 4.44. The zero-order chi connectivity index (χ0) is 18.4. The van der Waals surface area contributed by atoms with E-state index in [0.717, 1.165) is 36.3 Å². The molecule has 5 heteroatoms. The molecule has 0 spiro atoms. The van der Waals surface area contributed by atoms with E-state index in [-0.39, 0.29) is 18.6 Å². The Bertz CT molecular complexity index is 755. The fourth-order valence-electron chi connectivity index (χ4n) is 2.95. The molecule has 1 amide bonds. The highest BCUT2D eigenvalue weighted by atomic mass is 16.5. The predicted molar refractivity (Wildman–Crippen MR) is 104 cm³/mol. The smallest absolute Gasteiger partial charge is 0.243 e. The Labute approximate surface area is 154 Å². The maximum atomic E-state index is 12.3. The molecule has 5 nitrogen and oxygen atoms in total. The van der Waals surface area contributed by atoms with E-state index in [2.05, 4.69) is 16.7 Å². The molecule has 1 aliphatic rings. The van der Waals surface area contributed by atoms with Crippen LogP contribution in [0.15, 0.2) is 42.5 Å². The summed E-state index contributed by atoms with van der Waals surface area (Å²) in [6.45, 7) is 5.56. The van der Waals surface area contributed by atoms with E-state index in [4.69, 9.17) is 9.47 Å². The standard InChI is InChI=1S/C21H26N2O3/c1-15-9-10-16(2)19(12-15)22-13-21(24)23-18-7-3-4-8-20(18)26-14-17-6-5-11-25-17/h3-4,7-10,12,17,22H,5-6,11,13-14H2,1-2H3,(H,23,24). The van der Waals surface area contributed by atoms with Crippen molar-refractivity contribution in [3.8, 4) is 5.75 Å². The SMILES string of the molecule is Cc1ccc(C)c(NCC(=O)Nc2ccccc2OCC2CCCO2)c1. The second kappa shape index (κ2) is 8.72. The van der Waals surface area contributed by atoms with Crippen LogP contribution in [0.25, 0.3) is 0 Å². The molecular weight excluding hydrogens is 328 g/mol. The van der Waals surface area contributed by atoms with Gasteiger partial charge < -0.3 is 20.1 Å². The summed E-state index contributed by atoms with van der Waals surface area (Å²) in [5, 5.41) is 6.12. The highest BCUT2D eigenvalue weighted by molar-refractivity contribution is 5.95. The van der Waals surface area contributed by atoms with E-state index in [9.17, 15) is 4.79 Å². The molecule has 1 aliphatic heterocycles. The zero-order valence-electron chi connectivity index (χ0n) is 15.4. The number of hydrogen-bond donors (Lipinski definition) is 2. The Kier molecular flexibility index (Phi) is 6.12. The monoisotopic (exact) mass is 354 g/mol. The Hall–Kier alpha value is -2.53. The second-order valence-electron chi connectivity index (χ2n) is 6.66. The Morgan fingerprint density at radius 2 is 2.04 bits per heavy atom. The maximum Gasteiger partial charge on any atom is 0.243 e. The zero-order valence-corrected chi connectivity index (χ0v) is 15.4. The van der Waals surface area contributed by atoms with Crippen molar-refractivity contribution in [3.63, 3.8) is 0 Å². The number of hydrogen-bond acceptors (Lipinski definition) is 4. The minimum Gasteiger partial charge on any atom is -0.489 e. The van der Waals surface area contributed by atoms with E-state index >= 15 is 0 Å². The van der Waals surface area contributed by atoms with Gasteiger partial charge in [0.2, 0.25) is 5.91 Å². The molecule has 0 bridgehead atoms. The quantitative estimate of drug-likeness (QED) is 0.791. The van der Waals surface area contributed by atoms with Gasteiger partial charge in [-0.3, -0.25) is 4.79 Å². The van der Waals surface area contributed by atoms with E-state index in [0.29, 0.717) is 18.0 Å². The van der Waals surface area contributed by atoms with Crippen molar-refractivity contribution in [1.82, 2.24) is 0 Å². The number of carbonyl (C=O) groups is 1. The first-order chi connectivity index (χ1) is 12.6. The van der Waals surface area contributed by atoms with Gasteiger partial charge in [-0.1, -0.05) is 24.3 Å². The van der Waals surface area contributed by atoms with Crippen LogP contribution in [0.2, 0.25) is 0 Å². The van der Waals surface area contributed by atoms with Crippen LogP contribution < -0.4 is 15.4 Å². The number of anilines is 2. The van der Waals surface area contributed by atoms with E-state index in [1.165, 1.54) is 0 Å². The number of rotatable bonds is 7. The molecule has 26 heavy (non-hydrogen) atoms. The van der Waals surface area contributed by atoms with Gasteiger partial charge >= 0.3 is 0 Å². The van der Waals surface area contributed by atoms with Crippen molar-refractivity contribution < 1.29 is 14.3 Å². The van der Waals surface area contributed by atoms with E-state index in [1.54, 1.807) is 0 Å². The Balaban J connectivity index is 1.55. The first kappa shape index (κ1) is 18.3. The van der Waals surface area contributed by atoms with Crippen molar-refractivity contribution in [3.05, 3.63) is 53.6 Å². The van der Waals surface area contributed by atoms with Crippen molar-refractivity contribution in [2.75, 3.05) is 30.4 Å². The molecule has 138 valence electrons. The molecule has 2 N–H and O–H groups in total. The van der Waals surface area contributed by atoms with E-state index < -0.39 is 0 Å². The lowest BCUT2D eigenvalue weighted by Crippen LogP contribution is -2.23. The van der Waals surface area contributed by atoms with Gasteiger partial charge in [0.1, 0.15) is 12.4 Å². The number of carbonyl (C=O) groups excluding carboxylic acids is 1. The number of aryl methyl sites for hydroxylation is 2. The van der Waals surface area contributed by atoms with Crippen LogP contribution in [0.4, 0.5) is 11.4 Å². The summed E-state index contributed by atoms with van der Waals surface area (Å²) in [6.07, 6.45) is 2.25. The average Bonchev–Trinajstić information content (AvgIpc) is 3.15. The minimum atomic E-state index is -0.112. The third-order valence-corrected chi connectivity index (χ3v) is 4.44. The molecule has 0 saturated carbocycles. The lowest BCUT2D eigenvalue weighted by molar-refractivity contribution is -0.114. The first-order valence-corrected chi connectivity index (χ1v) is 9.06. The lowest BCUT2D eigenvalue weighted by Gasteiger charge is -2.16. The number of benzene rings is 2. The molecule has 1 saturated heterocycles. The average molecular weight is 354 g/mol. The summed E-state index contributed by atoms with van der Waals surface area (Å²) in [6, 6.07) is 13.6. The first-order valence-electron chi connectivity index (χ1n) is 9.06. The molecular formula is C21H26N2O3. The van der Waals surface area contributed by atoms with Gasteiger partial charge in [0, 0.05) is 12.3 Å². The molecule has 2 aromatic rings. The summed E-state index contributed by atoms with van der Waals surface area (Å²) in [4.78, 5) is 12.3. The molecule has 0 aliphatic carbocycles. The van der Waals surface area contributed by atoms with Crippen LogP contribution >= 0.6 is 0 Å². The van der Waals surface area contributed by atoms with Crippen LogP contribution in [0.1, 0.15) is 24.0 Å². The molecule has 1 unspecified atom stereocenters. The van der Waals surface area contributed by atoms with Gasteiger partial charge in [0.15, 0.2) is 0 Å². The molecule has 0 aromatic heterocycles. The van der Waals surface area contributed by atoms with Crippen LogP contribution in [-0.4, -0.2) is 31.8 Å². The van der Waals surface area contributed by atoms with Crippen molar-refractivity contribution >= 4 is 17.3 Å². The lowest BCUT2D eigenvalue weighted by atomic mass is 10.1. The fourth-order valence-corrected chi connectivity index (χ4v) is 2.95. The molecule has 2 aromatic carbocycles. The highest BCUT2D eigenvalue weighted by Gasteiger charge is 2.17. The summed E-state index contributed by atoms with van der Waals surface area (Å²) >= 11 is 0. The highest BCUT2D eigenvalue weighted by Crippen LogP contribution is 2.25. The minimum absolute atomic E-state index is 0.112. The molecule has 0 radical (unpaired) electrons. The van der Waals surface area contributed by atoms with Crippen LogP contribution in [0.3, 0.4) is 0 Å². The number of para-hydroxylation sites is 2. The molecule has 1 atom stereocenters. The van der Waals surface area contributed by atoms with Crippen LogP contribution in [0, 0.1) is 13.8 Å². The topological polar surface area (TPSA) is 59.6 Å². The van der Waals surface area contributed by atoms with Crippen LogP contribution in [-0.2, 0) is 9.53 Å². The van der Waals surface area contributed by atoms with Crippen molar-refractivity contribution in [1.29, 1.82) is 0 Å². The molecule has 3 rings (SSSR count). The van der Waals surface area contributed by atoms with Gasteiger partial charge in [-0.2, -0.15) is 0 Å². The van der Waals surface area contributed by atoms with Gasteiger partial charge in [0.05, 0.1) is 18.3 Å². The summed E-state index contributed by atoms with van der Waals surface area (Å²) in [7, 11) is 0. The predicted octanol–water partition coefficient (Wildman–Crippen LogP) is 3.91.